The van der Waals surface area contributed by atoms with Crippen molar-refractivity contribution in [3.05, 3.63) is 77.5 Å². The SMILES string of the molecule is C=C(C)c1cc(C2(NC(=O)c3cc(OC)ccc3C)CC2)c2cccnc2c1.CN1CCCC1. The Balaban J connectivity index is 0.000000398. The zero-order chi connectivity index (χ0) is 24.3. The Hall–Kier alpha value is -3.18. The third-order valence-corrected chi connectivity index (χ3v) is 6.85. The average Bonchev–Trinajstić information content (AvgIpc) is 3.45. The second-order valence-corrected chi connectivity index (χ2v) is 9.60. The van der Waals surface area contributed by atoms with Gasteiger partial charge in [-0.2, -0.15) is 0 Å². The van der Waals surface area contributed by atoms with E-state index in [4.69, 9.17) is 4.74 Å². The van der Waals surface area contributed by atoms with E-state index in [0.717, 1.165) is 46.0 Å². The van der Waals surface area contributed by atoms with Crippen LogP contribution in [0.15, 0.2) is 55.2 Å². The molecule has 0 spiro atoms. The fraction of sp³-hybridized carbons (Fsp3) is 0.379. The minimum absolute atomic E-state index is 0.0772. The molecule has 2 heterocycles. The number of aryl methyl sites for hydroxylation is 1. The number of pyridine rings is 1. The van der Waals surface area contributed by atoms with Crippen molar-refractivity contribution in [1.29, 1.82) is 0 Å². The fourth-order valence-electron chi connectivity index (χ4n) is 4.54. The summed E-state index contributed by atoms with van der Waals surface area (Å²) in [5.41, 5.74) is 5.29. The van der Waals surface area contributed by atoms with Crippen LogP contribution in [0.5, 0.6) is 5.75 Å². The molecule has 2 fully saturated rings. The summed E-state index contributed by atoms with van der Waals surface area (Å²) in [6.07, 6.45) is 6.44. The summed E-state index contributed by atoms with van der Waals surface area (Å²) >= 11 is 0. The first-order valence-corrected chi connectivity index (χ1v) is 12.0. The summed E-state index contributed by atoms with van der Waals surface area (Å²) in [5, 5.41) is 4.38. The van der Waals surface area contributed by atoms with Gasteiger partial charge < -0.3 is 15.0 Å². The van der Waals surface area contributed by atoms with Crippen molar-refractivity contribution in [2.24, 2.45) is 0 Å². The van der Waals surface area contributed by atoms with Gasteiger partial charge in [-0.05, 0) is 107 Å². The van der Waals surface area contributed by atoms with Gasteiger partial charge in [0.25, 0.3) is 5.91 Å². The second kappa shape index (κ2) is 9.98. The lowest BCUT2D eigenvalue weighted by Gasteiger charge is -2.22. The lowest BCUT2D eigenvalue weighted by molar-refractivity contribution is 0.0930. The van der Waals surface area contributed by atoms with Crippen LogP contribution < -0.4 is 10.1 Å². The molecule has 2 aliphatic rings. The molecule has 0 bridgehead atoms. The number of allylic oxidation sites excluding steroid dienone is 1. The molecule has 1 amide bonds. The van der Waals surface area contributed by atoms with Crippen LogP contribution in [0, 0.1) is 6.92 Å². The number of rotatable bonds is 5. The normalized spacial score (nSPS) is 16.5. The maximum absolute atomic E-state index is 13.1. The molecule has 1 aromatic heterocycles. The standard InChI is InChI=1S/C24H24N2O2.C5H11N/c1-15(2)17-12-21(19-6-5-11-25-22(19)13-17)24(9-10-24)26-23(27)20-14-18(28-4)8-7-16(20)3;1-6-4-2-3-5-6/h5-8,11-14H,1,9-10H2,2-4H3,(H,26,27);2-5H2,1H3. The third-order valence-electron chi connectivity index (χ3n) is 6.85. The van der Waals surface area contributed by atoms with Crippen LogP contribution in [0.2, 0.25) is 0 Å². The molecular weight excluding hydrogens is 422 g/mol. The van der Waals surface area contributed by atoms with Gasteiger partial charge in [0.15, 0.2) is 0 Å². The van der Waals surface area contributed by atoms with Crippen molar-refractivity contribution >= 4 is 22.4 Å². The van der Waals surface area contributed by atoms with Gasteiger partial charge >= 0.3 is 0 Å². The predicted octanol–water partition coefficient (Wildman–Crippen LogP) is 5.72. The summed E-state index contributed by atoms with van der Waals surface area (Å²) in [6, 6.07) is 13.8. The van der Waals surface area contributed by atoms with E-state index in [0.29, 0.717) is 11.3 Å². The molecule has 5 heteroatoms. The van der Waals surface area contributed by atoms with Crippen molar-refractivity contribution in [1.82, 2.24) is 15.2 Å². The van der Waals surface area contributed by atoms with Crippen molar-refractivity contribution in [3.63, 3.8) is 0 Å². The van der Waals surface area contributed by atoms with Crippen LogP contribution >= 0.6 is 0 Å². The van der Waals surface area contributed by atoms with E-state index in [2.05, 4.69) is 47.0 Å². The third kappa shape index (κ3) is 5.15. The molecule has 0 unspecified atom stereocenters. The first kappa shape index (κ1) is 24.0. The minimum Gasteiger partial charge on any atom is -0.497 e. The first-order valence-electron chi connectivity index (χ1n) is 12.0. The van der Waals surface area contributed by atoms with Gasteiger partial charge in [-0.15, -0.1) is 0 Å². The van der Waals surface area contributed by atoms with Gasteiger partial charge in [0, 0.05) is 17.1 Å². The number of nitrogens with one attached hydrogen (secondary N) is 1. The average molecular weight is 458 g/mol. The summed E-state index contributed by atoms with van der Waals surface area (Å²) in [4.78, 5) is 20.0. The molecular formula is C29H35N3O2. The van der Waals surface area contributed by atoms with Gasteiger partial charge in [-0.25, -0.2) is 0 Å². The molecule has 1 saturated carbocycles. The summed E-state index contributed by atoms with van der Waals surface area (Å²) in [7, 11) is 3.78. The number of fused-ring (bicyclic) bond motifs is 1. The number of hydrogen-bond acceptors (Lipinski definition) is 4. The highest BCUT2D eigenvalue weighted by Gasteiger charge is 2.47. The maximum Gasteiger partial charge on any atom is 0.252 e. The number of hydrogen-bond donors (Lipinski definition) is 1. The van der Waals surface area contributed by atoms with Gasteiger partial charge in [-0.1, -0.05) is 24.3 Å². The molecule has 1 aliphatic heterocycles. The Morgan fingerprint density at radius 1 is 1.15 bits per heavy atom. The van der Waals surface area contributed by atoms with Crippen LogP contribution in [0.25, 0.3) is 16.5 Å². The van der Waals surface area contributed by atoms with Crippen LogP contribution in [0.1, 0.15) is 59.7 Å². The Bertz CT molecular complexity index is 1210. The number of amides is 1. The molecule has 1 N–H and O–H groups in total. The zero-order valence-corrected chi connectivity index (χ0v) is 20.8. The highest BCUT2D eigenvalue weighted by atomic mass is 16.5. The molecule has 5 nitrogen and oxygen atoms in total. The largest absolute Gasteiger partial charge is 0.497 e. The second-order valence-electron chi connectivity index (χ2n) is 9.60. The Morgan fingerprint density at radius 3 is 2.47 bits per heavy atom. The Labute approximate surface area is 202 Å². The molecule has 2 aromatic carbocycles. The fourth-order valence-corrected chi connectivity index (χ4v) is 4.54. The predicted molar refractivity (Wildman–Crippen MR) is 139 cm³/mol. The van der Waals surface area contributed by atoms with Crippen LogP contribution in [0.3, 0.4) is 0 Å². The lowest BCUT2D eigenvalue weighted by Crippen LogP contribution is -2.35. The van der Waals surface area contributed by atoms with E-state index < -0.39 is 0 Å². The monoisotopic (exact) mass is 457 g/mol. The van der Waals surface area contributed by atoms with E-state index in [1.165, 1.54) is 25.9 Å². The first-order chi connectivity index (χ1) is 16.3. The van der Waals surface area contributed by atoms with Crippen molar-refractivity contribution in [2.75, 3.05) is 27.2 Å². The van der Waals surface area contributed by atoms with E-state index in [1.54, 1.807) is 19.4 Å². The van der Waals surface area contributed by atoms with Gasteiger partial charge in [0.05, 0.1) is 18.2 Å². The number of ether oxygens (including phenoxy) is 1. The van der Waals surface area contributed by atoms with Crippen LogP contribution in [0.4, 0.5) is 0 Å². The van der Waals surface area contributed by atoms with Gasteiger partial charge in [0.1, 0.15) is 5.75 Å². The van der Waals surface area contributed by atoms with E-state index in [-0.39, 0.29) is 11.4 Å². The molecule has 3 aromatic rings. The molecule has 0 atom stereocenters. The topological polar surface area (TPSA) is 54.5 Å². The van der Waals surface area contributed by atoms with E-state index in [9.17, 15) is 4.79 Å². The Morgan fingerprint density at radius 2 is 1.88 bits per heavy atom. The molecule has 0 radical (unpaired) electrons. The number of nitrogens with zero attached hydrogens (tertiary/aromatic N) is 2. The Kier molecular flexibility index (Phi) is 7.03. The van der Waals surface area contributed by atoms with Crippen molar-refractivity contribution < 1.29 is 9.53 Å². The highest BCUT2D eigenvalue weighted by molar-refractivity contribution is 5.97. The number of benzene rings is 2. The summed E-state index contributed by atoms with van der Waals surface area (Å²) in [6.45, 7) is 10.7. The molecule has 1 saturated heterocycles. The van der Waals surface area contributed by atoms with E-state index >= 15 is 0 Å². The number of aromatic nitrogens is 1. The molecule has 5 rings (SSSR count). The maximum atomic E-state index is 13.1. The zero-order valence-electron chi connectivity index (χ0n) is 20.8. The summed E-state index contributed by atoms with van der Waals surface area (Å²) in [5.74, 6) is 0.603. The van der Waals surface area contributed by atoms with Crippen LogP contribution in [-0.4, -0.2) is 43.0 Å². The number of likely N-dealkylation sites (tertiary alicyclic amines) is 1. The van der Waals surface area contributed by atoms with E-state index in [1.807, 2.05) is 32.0 Å². The molecule has 34 heavy (non-hydrogen) atoms. The molecule has 178 valence electrons. The number of carbonyl (C=O) groups excluding carboxylic acids is 1. The number of methoxy groups -OCH3 is 1. The summed E-state index contributed by atoms with van der Waals surface area (Å²) < 4.78 is 5.29. The lowest BCUT2D eigenvalue weighted by atomic mass is 9.94. The quantitative estimate of drug-likeness (QED) is 0.533. The minimum atomic E-state index is -0.362. The van der Waals surface area contributed by atoms with Crippen LogP contribution in [-0.2, 0) is 5.54 Å². The molecule has 1 aliphatic carbocycles. The van der Waals surface area contributed by atoms with Crippen molar-refractivity contribution in [2.45, 2.75) is 45.1 Å². The van der Waals surface area contributed by atoms with Crippen molar-refractivity contribution in [3.8, 4) is 5.75 Å². The van der Waals surface area contributed by atoms with Gasteiger partial charge in [-0.3, -0.25) is 9.78 Å². The highest BCUT2D eigenvalue weighted by Crippen LogP contribution is 2.48. The number of carbonyl (C=O) groups is 1. The van der Waals surface area contributed by atoms with Gasteiger partial charge in [0.2, 0.25) is 0 Å². The smallest absolute Gasteiger partial charge is 0.252 e.